The molecule has 4 nitrogen and oxygen atoms in total. The van der Waals surface area contributed by atoms with Gasteiger partial charge in [-0.05, 0) is 42.5 Å². The molecule has 0 fully saturated rings. The SMILES string of the molecule is COc1ccc(-c2ncnc(-c3ccc(Cl)cc3Cl)c2N)cc1. The average Bonchev–Trinajstić information content (AvgIpc) is 2.56. The van der Waals surface area contributed by atoms with Crippen LogP contribution in [0, 0.1) is 0 Å². The summed E-state index contributed by atoms with van der Waals surface area (Å²) in [5.41, 5.74) is 9.54. The van der Waals surface area contributed by atoms with E-state index in [4.69, 9.17) is 33.7 Å². The van der Waals surface area contributed by atoms with Crippen molar-refractivity contribution in [3.8, 4) is 28.3 Å². The van der Waals surface area contributed by atoms with Crippen molar-refractivity contribution in [2.45, 2.75) is 0 Å². The minimum absolute atomic E-state index is 0.460. The molecule has 0 radical (unpaired) electrons. The lowest BCUT2D eigenvalue weighted by Gasteiger charge is -2.11. The number of nitrogen functional groups attached to an aromatic ring is 1. The standard InChI is InChI=1S/C17H13Cl2N3O/c1-23-12-5-2-10(3-6-12)16-15(20)17(22-9-21-16)13-7-4-11(18)8-14(13)19/h2-9H,20H2,1H3. The Balaban J connectivity index is 2.10. The van der Waals surface area contributed by atoms with E-state index in [1.54, 1.807) is 25.3 Å². The van der Waals surface area contributed by atoms with Crippen LogP contribution in [-0.2, 0) is 0 Å². The molecule has 3 aromatic rings. The Morgan fingerprint density at radius 2 is 1.65 bits per heavy atom. The summed E-state index contributed by atoms with van der Waals surface area (Å²) in [5, 5.41) is 1.05. The highest BCUT2D eigenvalue weighted by molar-refractivity contribution is 6.36. The number of methoxy groups -OCH3 is 1. The van der Waals surface area contributed by atoms with Gasteiger partial charge < -0.3 is 10.5 Å². The number of hydrogen-bond donors (Lipinski definition) is 1. The molecule has 0 saturated carbocycles. The molecule has 0 saturated heterocycles. The van der Waals surface area contributed by atoms with Gasteiger partial charge in [0.2, 0.25) is 0 Å². The molecule has 1 aromatic heterocycles. The first-order valence-corrected chi connectivity index (χ1v) is 7.56. The molecule has 0 amide bonds. The Morgan fingerprint density at radius 3 is 2.30 bits per heavy atom. The summed E-state index contributed by atoms with van der Waals surface area (Å²) in [7, 11) is 1.62. The van der Waals surface area contributed by atoms with Gasteiger partial charge >= 0.3 is 0 Å². The zero-order valence-corrected chi connectivity index (χ0v) is 13.8. The minimum atomic E-state index is 0.460. The van der Waals surface area contributed by atoms with Crippen LogP contribution in [0.3, 0.4) is 0 Å². The number of ether oxygens (including phenoxy) is 1. The summed E-state index contributed by atoms with van der Waals surface area (Å²) in [6, 6.07) is 12.7. The number of anilines is 1. The summed E-state index contributed by atoms with van der Waals surface area (Å²) in [6.45, 7) is 0. The van der Waals surface area contributed by atoms with Crippen LogP contribution in [0.4, 0.5) is 5.69 Å². The average molecular weight is 346 g/mol. The zero-order valence-electron chi connectivity index (χ0n) is 12.3. The number of nitrogens with zero attached hydrogens (tertiary/aromatic N) is 2. The molecule has 6 heteroatoms. The number of nitrogens with two attached hydrogens (primary N) is 1. The quantitative estimate of drug-likeness (QED) is 0.746. The van der Waals surface area contributed by atoms with Crippen molar-refractivity contribution in [1.29, 1.82) is 0 Å². The lowest BCUT2D eigenvalue weighted by Crippen LogP contribution is -2.00. The zero-order chi connectivity index (χ0) is 16.4. The first kappa shape index (κ1) is 15.6. The molecule has 1 heterocycles. The van der Waals surface area contributed by atoms with E-state index >= 15 is 0 Å². The predicted molar refractivity (Wildman–Crippen MR) is 93.9 cm³/mol. The van der Waals surface area contributed by atoms with Gasteiger partial charge in [0.1, 0.15) is 12.1 Å². The monoisotopic (exact) mass is 345 g/mol. The van der Waals surface area contributed by atoms with Crippen molar-refractivity contribution < 1.29 is 4.74 Å². The summed E-state index contributed by atoms with van der Waals surface area (Å²) in [4.78, 5) is 8.56. The van der Waals surface area contributed by atoms with Gasteiger partial charge in [0, 0.05) is 16.1 Å². The van der Waals surface area contributed by atoms with Crippen molar-refractivity contribution in [1.82, 2.24) is 9.97 Å². The van der Waals surface area contributed by atoms with E-state index in [9.17, 15) is 0 Å². The van der Waals surface area contributed by atoms with Crippen molar-refractivity contribution in [3.63, 3.8) is 0 Å². The van der Waals surface area contributed by atoms with Crippen molar-refractivity contribution >= 4 is 28.9 Å². The summed E-state index contributed by atoms with van der Waals surface area (Å²) in [5.74, 6) is 0.766. The molecular formula is C17H13Cl2N3O. The Bertz CT molecular complexity index is 851. The molecule has 0 atom stereocenters. The topological polar surface area (TPSA) is 61.0 Å². The summed E-state index contributed by atoms with van der Waals surface area (Å²) in [6.07, 6.45) is 1.47. The maximum Gasteiger partial charge on any atom is 0.118 e. The lowest BCUT2D eigenvalue weighted by atomic mass is 10.0. The van der Waals surface area contributed by atoms with E-state index in [0.717, 1.165) is 11.3 Å². The van der Waals surface area contributed by atoms with Crippen LogP contribution < -0.4 is 10.5 Å². The predicted octanol–water partition coefficient (Wildman–Crippen LogP) is 4.71. The molecule has 0 bridgehead atoms. The number of hydrogen-bond acceptors (Lipinski definition) is 4. The van der Waals surface area contributed by atoms with Gasteiger partial charge in [-0.15, -0.1) is 0 Å². The van der Waals surface area contributed by atoms with Gasteiger partial charge in [-0.2, -0.15) is 0 Å². The van der Waals surface area contributed by atoms with Crippen LogP contribution in [0.5, 0.6) is 5.75 Å². The van der Waals surface area contributed by atoms with Gasteiger partial charge in [0.25, 0.3) is 0 Å². The molecule has 0 aliphatic rings. The Hall–Kier alpha value is -2.30. The molecule has 3 rings (SSSR count). The van der Waals surface area contributed by atoms with E-state index < -0.39 is 0 Å². The summed E-state index contributed by atoms with van der Waals surface area (Å²) >= 11 is 12.2. The molecule has 2 aromatic carbocycles. The van der Waals surface area contributed by atoms with Gasteiger partial charge in [0.15, 0.2) is 0 Å². The third-order valence-corrected chi connectivity index (χ3v) is 3.98. The molecule has 0 aliphatic heterocycles. The van der Waals surface area contributed by atoms with Gasteiger partial charge in [0.05, 0.1) is 29.2 Å². The van der Waals surface area contributed by atoms with E-state index in [2.05, 4.69) is 9.97 Å². The van der Waals surface area contributed by atoms with E-state index in [1.165, 1.54) is 6.33 Å². The van der Waals surface area contributed by atoms with Crippen LogP contribution in [-0.4, -0.2) is 17.1 Å². The largest absolute Gasteiger partial charge is 0.497 e. The first-order valence-electron chi connectivity index (χ1n) is 6.80. The highest BCUT2D eigenvalue weighted by atomic mass is 35.5. The van der Waals surface area contributed by atoms with Crippen molar-refractivity contribution in [2.24, 2.45) is 0 Å². The summed E-state index contributed by atoms with van der Waals surface area (Å²) < 4.78 is 5.16. The van der Waals surface area contributed by atoms with Crippen molar-refractivity contribution in [2.75, 3.05) is 12.8 Å². The van der Waals surface area contributed by atoms with Crippen LogP contribution in [0.15, 0.2) is 48.8 Å². The Morgan fingerprint density at radius 1 is 0.957 bits per heavy atom. The van der Waals surface area contributed by atoms with Crippen molar-refractivity contribution in [3.05, 3.63) is 58.8 Å². The molecule has 116 valence electrons. The highest BCUT2D eigenvalue weighted by Gasteiger charge is 2.14. The number of benzene rings is 2. The number of rotatable bonds is 3. The molecule has 0 aliphatic carbocycles. The van der Waals surface area contributed by atoms with Gasteiger partial charge in [-0.25, -0.2) is 9.97 Å². The first-order chi connectivity index (χ1) is 11.1. The number of aromatic nitrogens is 2. The van der Waals surface area contributed by atoms with Crippen LogP contribution >= 0.6 is 23.2 Å². The fraction of sp³-hybridized carbons (Fsp3) is 0.0588. The van der Waals surface area contributed by atoms with Crippen LogP contribution in [0.1, 0.15) is 0 Å². The minimum Gasteiger partial charge on any atom is -0.497 e. The maximum absolute atomic E-state index is 6.28. The highest BCUT2D eigenvalue weighted by Crippen LogP contribution is 2.36. The number of halogens is 2. The van der Waals surface area contributed by atoms with Crippen LogP contribution in [0.2, 0.25) is 10.0 Å². The smallest absolute Gasteiger partial charge is 0.118 e. The van der Waals surface area contributed by atoms with E-state index in [1.807, 2.05) is 24.3 Å². The lowest BCUT2D eigenvalue weighted by molar-refractivity contribution is 0.415. The van der Waals surface area contributed by atoms with E-state index in [-0.39, 0.29) is 0 Å². The molecule has 2 N–H and O–H groups in total. The normalized spacial score (nSPS) is 10.6. The third kappa shape index (κ3) is 3.09. The Kier molecular flexibility index (Phi) is 4.37. The second kappa shape index (κ2) is 6.44. The van der Waals surface area contributed by atoms with Crippen LogP contribution in [0.25, 0.3) is 22.5 Å². The third-order valence-electron chi connectivity index (χ3n) is 3.43. The second-order valence-corrected chi connectivity index (χ2v) is 5.68. The maximum atomic E-state index is 6.28. The second-order valence-electron chi connectivity index (χ2n) is 4.84. The Labute approximate surface area is 143 Å². The molecule has 0 unspecified atom stereocenters. The molecule has 23 heavy (non-hydrogen) atoms. The fourth-order valence-corrected chi connectivity index (χ4v) is 2.77. The molecule has 0 spiro atoms. The fourth-order valence-electron chi connectivity index (χ4n) is 2.27. The van der Waals surface area contributed by atoms with Gasteiger partial charge in [-0.3, -0.25) is 0 Å². The molecular weight excluding hydrogens is 333 g/mol. The van der Waals surface area contributed by atoms with Gasteiger partial charge in [-0.1, -0.05) is 23.2 Å². The van der Waals surface area contributed by atoms with E-state index in [0.29, 0.717) is 32.7 Å².